The van der Waals surface area contributed by atoms with Crippen molar-refractivity contribution in [1.29, 1.82) is 0 Å². The molecule has 1 atom stereocenters. The number of hydrogen-bond acceptors (Lipinski definition) is 4. The van der Waals surface area contributed by atoms with Crippen LogP contribution in [0, 0.1) is 6.92 Å². The van der Waals surface area contributed by atoms with Crippen LogP contribution in [0.4, 0.5) is 5.69 Å². The second-order valence-corrected chi connectivity index (χ2v) is 8.81. The molecule has 7 heteroatoms. The molecule has 1 saturated heterocycles. The van der Waals surface area contributed by atoms with Crippen LogP contribution in [0.2, 0.25) is 0 Å². The Kier molecular flexibility index (Phi) is 4.76. The molecule has 0 radical (unpaired) electrons. The molecule has 1 fully saturated rings. The Hall–Kier alpha value is -1.70. The highest BCUT2D eigenvalue weighted by atomic mass is 32.2. The van der Waals surface area contributed by atoms with E-state index in [9.17, 15) is 13.2 Å². The van der Waals surface area contributed by atoms with Crippen LogP contribution in [0.3, 0.4) is 0 Å². The van der Waals surface area contributed by atoms with Crippen LogP contribution in [-0.2, 0) is 14.8 Å². The fraction of sp³-hybridized carbons (Fsp3) is 0.353. The van der Waals surface area contributed by atoms with E-state index in [0.29, 0.717) is 12.2 Å². The van der Waals surface area contributed by atoms with Gasteiger partial charge in [0.25, 0.3) is 0 Å². The van der Waals surface area contributed by atoms with Crippen molar-refractivity contribution < 1.29 is 13.2 Å². The molecular formula is C17H20N2O3S2. The van der Waals surface area contributed by atoms with Crippen molar-refractivity contribution in [1.82, 2.24) is 4.31 Å². The standard InChI is InChI=1S/C17H20N2O3S2/c1-12-7-8-14(18-13(2)20)17(11-12)24(21,22)19-9-3-5-15(19)16-6-4-10-23-16/h4,6-8,10-11,15H,3,5,9H2,1-2H3,(H,18,20). The average molecular weight is 364 g/mol. The molecule has 5 nitrogen and oxygen atoms in total. The highest BCUT2D eigenvalue weighted by molar-refractivity contribution is 7.89. The van der Waals surface area contributed by atoms with Crippen molar-refractivity contribution in [3.8, 4) is 0 Å². The number of nitrogens with one attached hydrogen (secondary N) is 1. The van der Waals surface area contributed by atoms with Crippen LogP contribution in [-0.4, -0.2) is 25.2 Å². The third-order valence-electron chi connectivity index (χ3n) is 4.11. The largest absolute Gasteiger partial charge is 0.325 e. The number of hydrogen-bond donors (Lipinski definition) is 1. The van der Waals surface area contributed by atoms with Gasteiger partial charge in [-0.3, -0.25) is 4.79 Å². The lowest BCUT2D eigenvalue weighted by Gasteiger charge is -2.24. The Morgan fingerprint density at radius 2 is 2.12 bits per heavy atom. The van der Waals surface area contributed by atoms with Crippen LogP contribution < -0.4 is 5.32 Å². The summed E-state index contributed by atoms with van der Waals surface area (Å²) in [6, 6.07) is 8.88. The Morgan fingerprint density at radius 1 is 1.33 bits per heavy atom. The first-order valence-corrected chi connectivity index (χ1v) is 10.1. The van der Waals surface area contributed by atoms with E-state index in [2.05, 4.69) is 5.32 Å². The Labute approximate surface area is 146 Å². The number of rotatable bonds is 4. The first-order chi connectivity index (χ1) is 11.4. The van der Waals surface area contributed by atoms with Gasteiger partial charge in [0.2, 0.25) is 15.9 Å². The van der Waals surface area contributed by atoms with E-state index >= 15 is 0 Å². The minimum Gasteiger partial charge on any atom is -0.325 e. The Balaban J connectivity index is 2.04. The zero-order valence-electron chi connectivity index (χ0n) is 13.7. The monoisotopic (exact) mass is 364 g/mol. The maximum atomic E-state index is 13.3. The van der Waals surface area contributed by atoms with Crippen LogP contribution in [0.5, 0.6) is 0 Å². The zero-order chi connectivity index (χ0) is 17.3. The van der Waals surface area contributed by atoms with Gasteiger partial charge in [-0.25, -0.2) is 8.42 Å². The fourth-order valence-electron chi connectivity index (χ4n) is 3.06. The van der Waals surface area contributed by atoms with Crippen molar-refractivity contribution >= 4 is 33.0 Å². The molecule has 128 valence electrons. The molecule has 2 heterocycles. The quantitative estimate of drug-likeness (QED) is 0.902. The maximum Gasteiger partial charge on any atom is 0.245 e. The van der Waals surface area contributed by atoms with Crippen molar-refractivity contribution in [3.05, 3.63) is 46.2 Å². The summed E-state index contributed by atoms with van der Waals surface area (Å²) in [5.41, 5.74) is 1.18. The topological polar surface area (TPSA) is 66.5 Å². The lowest BCUT2D eigenvalue weighted by molar-refractivity contribution is -0.114. The van der Waals surface area contributed by atoms with Crippen LogP contribution in [0.25, 0.3) is 0 Å². The normalized spacial score (nSPS) is 18.7. The van der Waals surface area contributed by atoms with Crippen LogP contribution in [0.15, 0.2) is 40.6 Å². The number of nitrogens with zero attached hydrogens (tertiary/aromatic N) is 1. The number of aryl methyl sites for hydroxylation is 1. The molecule has 2 aromatic rings. The number of carbonyl (C=O) groups excluding carboxylic acids is 1. The van der Waals surface area contributed by atoms with E-state index in [1.165, 1.54) is 6.92 Å². The van der Waals surface area contributed by atoms with Crippen molar-refractivity contribution in [3.63, 3.8) is 0 Å². The molecule has 1 aliphatic rings. The Morgan fingerprint density at radius 3 is 2.79 bits per heavy atom. The molecule has 3 rings (SSSR count). The first kappa shape index (κ1) is 17.1. The number of sulfonamides is 1. The smallest absolute Gasteiger partial charge is 0.245 e. The summed E-state index contributed by atoms with van der Waals surface area (Å²) in [5, 5.41) is 4.60. The van der Waals surface area contributed by atoms with E-state index in [-0.39, 0.29) is 16.8 Å². The molecule has 0 saturated carbocycles. The molecule has 24 heavy (non-hydrogen) atoms. The predicted octanol–water partition coefficient (Wildman–Crippen LogP) is 3.54. The lowest BCUT2D eigenvalue weighted by atomic mass is 10.2. The van der Waals surface area contributed by atoms with Gasteiger partial charge in [0, 0.05) is 18.3 Å². The van der Waals surface area contributed by atoms with Gasteiger partial charge in [-0.2, -0.15) is 4.31 Å². The van der Waals surface area contributed by atoms with Gasteiger partial charge in [0.15, 0.2) is 0 Å². The molecule has 1 aromatic heterocycles. The van der Waals surface area contributed by atoms with Gasteiger partial charge in [0.05, 0.1) is 11.7 Å². The summed E-state index contributed by atoms with van der Waals surface area (Å²) in [7, 11) is -3.69. The number of carbonyl (C=O) groups is 1. The van der Waals surface area contributed by atoms with Gasteiger partial charge in [0.1, 0.15) is 4.90 Å². The van der Waals surface area contributed by atoms with E-state index in [1.54, 1.807) is 33.8 Å². The molecule has 1 amide bonds. The number of benzene rings is 1. The van der Waals surface area contributed by atoms with Gasteiger partial charge >= 0.3 is 0 Å². The molecule has 0 spiro atoms. The first-order valence-electron chi connectivity index (χ1n) is 7.83. The van der Waals surface area contributed by atoms with Crippen LogP contribution in [0.1, 0.15) is 36.2 Å². The predicted molar refractivity (Wildman–Crippen MR) is 95.7 cm³/mol. The SMILES string of the molecule is CC(=O)Nc1ccc(C)cc1S(=O)(=O)N1CCCC1c1cccs1. The lowest BCUT2D eigenvalue weighted by Crippen LogP contribution is -2.31. The summed E-state index contributed by atoms with van der Waals surface area (Å²) in [5.74, 6) is -0.286. The number of amides is 1. The number of thiophene rings is 1. The van der Waals surface area contributed by atoms with Crippen LogP contribution >= 0.6 is 11.3 Å². The third-order valence-corrected chi connectivity index (χ3v) is 7.03. The molecular weight excluding hydrogens is 344 g/mol. The third kappa shape index (κ3) is 3.24. The van der Waals surface area contributed by atoms with Gasteiger partial charge < -0.3 is 5.32 Å². The molecule has 1 aliphatic heterocycles. The minimum absolute atomic E-state index is 0.124. The van der Waals surface area contributed by atoms with Crippen molar-refractivity contribution in [2.24, 2.45) is 0 Å². The Bertz CT molecular complexity index is 845. The highest BCUT2D eigenvalue weighted by Crippen LogP contribution is 2.39. The van der Waals surface area contributed by atoms with Crippen molar-refractivity contribution in [2.75, 3.05) is 11.9 Å². The summed E-state index contributed by atoms with van der Waals surface area (Å²) < 4.78 is 28.1. The summed E-state index contributed by atoms with van der Waals surface area (Å²) in [6.45, 7) is 3.72. The van der Waals surface area contributed by atoms with Crippen molar-refractivity contribution in [2.45, 2.75) is 37.6 Å². The van der Waals surface area contributed by atoms with E-state index in [4.69, 9.17) is 0 Å². The molecule has 0 aliphatic carbocycles. The number of anilines is 1. The molecule has 1 aromatic carbocycles. The van der Waals surface area contributed by atoms with Gasteiger partial charge in [-0.1, -0.05) is 12.1 Å². The molecule has 1 unspecified atom stereocenters. The van der Waals surface area contributed by atoms with Gasteiger partial charge in [-0.15, -0.1) is 11.3 Å². The highest BCUT2D eigenvalue weighted by Gasteiger charge is 2.37. The average Bonchev–Trinajstić information content (AvgIpc) is 3.18. The van der Waals surface area contributed by atoms with E-state index < -0.39 is 10.0 Å². The summed E-state index contributed by atoms with van der Waals surface area (Å²) >= 11 is 1.58. The fourth-order valence-corrected chi connectivity index (χ4v) is 5.90. The second-order valence-electron chi connectivity index (χ2n) is 5.97. The second kappa shape index (κ2) is 6.66. The maximum absolute atomic E-state index is 13.3. The minimum atomic E-state index is -3.69. The van der Waals surface area contributed by atoms with Gasteiger partial charge in [-0.05, 0) is 48.9 Å². The van der Waals surface area contributed by atoms with E-state index in [1.807, 2.05) is 24.4 Å². The van der Waals surface area contributed by atoms with E-state index in [0.717, 1.165) is 23.3 Å². The molecule has 1 N–H and O–H groups in total. The summed E-state index contributed by atoms with van der Waals surface area (Å²) in [6.07, 6.45) is 1.66. The molecule has 0 bridgehead atoms. The zero-order valence-corrected chi connectivity index (χ0v) is 15.3. The summed E-state index contributed by atoms with van der Waals surface area (Å²) in [4.78, 5) is 12.7.